The van der Waals surface area contributed by atoms with Crippen molar-refractivity contribution in [3.8, 4) is 11.5 Å². The van der Waals surface area contributed by atoms with Crippen molar-refractivity contribution in [1.29, 1.82) is 0 Å². The first-order valence-electron chi connectivity index (χ1n) is 7.56. The highest BCUT2D eigenvalue weighted by molar-refractivity contribution is 5.98. The maximum absolute atomic E-state index is 12.6. The zero-order valence-corrected chi connectivity index (χ0v) is 13.4. The summed E-state index contributed by atoms with van der Waals surface area (Å²) in [6.45, 7) is 3.46. The van der Waals surface area contributed by atoms with Crippen LogP contribution in [0, 0.1) is 5.92 Å². The topological polar surface area (TPSA) is 55.8 Å². The minimum Gasteiger partial charge on any atom is -0.493 e. The van der Waals surface area contributed by atoms with Crippen molar-refractivity contribution in [1.82, 2.24) is 4.90 Å². The number of piperidine rings is 1. The van der Waals surface area contributed by atoms with E-state index in [1.807, 2.05) is 6.92 Å². The quantitative estimate of drug-likeness (QED) is 0.595. The number of methoxy groups -OCH3 is 2. The molecule has 0 saturated carbocycles. The summed E-state index contributed by atoms with van der Waals surface area (Å²) in [6.07, 6.45) is 2.52. The number of rotatable bonds is 6. The van der Waals surface area contributed by atoms with Crippen LogP contribution in [0.2, 0.25) is 0 Å². The van der Waals surface area contributed by atoms with E-state index in [0.29, 0.717) is 17.1 Å². The van der Waals surface area contributed by atoms with Crippen LogP contribution in [0.4, 0.5) is 0 Å². The Morgan fingerprint density at radius 3 is 2.41 bits per heavy atom. The monoisotopic (exact) mass is 305 g/mol. The molecule has 1 fully saturated rings. The molecule has 120 valence electrons. The normalized spacial score (nSPS) is 17.8. The van der Waals surface area contributed by atoms with E-state index in [1.165, 1.54) is 0 Å². The van der Waals surface area contributed by atoms with Crippen LogP contribution < -0.4 is 9.47 Å². The molecule has 0 N–H and O–H groups in total. The summed E-state index contributed by atoms with van der Waals surface area (Å²) in [6, 6.07) is 5.21. The van der Waals surface area contributed by atoms with Crippen LogP contribution in [0.15, 0.2) is 18.2 Å². The van der Waals surface area contributed by atoms with Crippen molar-refractivity contribution in [3.63, 3.8) is 0 Å². The number of benzene rings is 1. The number of Topliss-reactive ketones (excluding diaryl/α,β-unsaturated/α-hetero) is 1. The Morgan fingerprint density at radius 2 is 1.86 bits per heavy atom. The second-order valence-corrected chi connectivity index (χ2v) is 5.62. The van der Waals surface area contributed by atoms with Gasteiger partial charge in [-0.25, -0.2) is 0 Å². The summed E-state index contributed by atoms with van der Waals surface area (Å²) in [5.41, 5.74) is 0.652. The van der Waals surface area contributed by atoms with Gasteiger partial charge in [-0.05, 0) is 51.1 Å². The minimum absolute atomic E-state index is 0.00760. The molecule has 0 radical (unpaired) electrons. The third-order valence-electron chi connectivity index (χ3n) is 4.34. The van der Waals surface area contributed by atoms with Crippen molar-refractivity contribution in [3.05, 3.63) is 23.8 Å². The lowest BCUT2D eigenvalue weighted by molar-refractivity contribution is -0.112. The Morgan fingerprint density at radius 1 is 1.23 bits per heavy atom. The van der Waals surface area contributed by atoms with Crippen molar-refractivity contribution in [2.45, 2.75) is 25.8 Å². The van der Waals surface area contributed by atoms with Gasteiger partial charge in [-0.15, -0.1) is 0 Å². The van der Waals surface area contributed by atoms with Crippen LogP contribution in [0.1, 0.15) is 30.1 Å². The van der Waals surface area contributed by atoms with E-state index in [4.69, 9.17) is 9.47 Å². The SMILES string of the molecule is COc1ccc(C(=O)C2CCN(C(C)C=O)CC2)cc1OC. The van der Waals surface area contributed by atoms with E-state index >= 15 is 0 Å². The van der Waals surface area contributed by atoms with Gasteiger partial charge >= 0.3 is 0 Å². The molecule has 1 heterocycles. The summed E-state index contributed by atoms with van der Waals surface area (Å²) in [4.78, 5) is 25.6. The van der Waals surface area contributed by atoms with Crippen LogP contribution in [0.25, 0.3) is 0 Å². The fraction of sp³-hybridized carbons (Fsp3) is 0.529. The first-order chi connectivity index (χ1) is 10.6. The van der Waals surface area contributed by atoms with E-state index in [1.54, 1.807) is 32.4 Å². The van der Waals surface area contributed by atoms with Gasteiger partial charge in [-0.2, -0.15) is 0 Å². The second-order valence-electron chi connectivity index (χ2n) is 5.62. The number of hydrogen-bond acceptors (Lipinski definition) is 5. The Hall–Kier alpha value is -1.88. The number of nitrogens with zero attached hydrogens (tertiary/aromatic N) is 1. The third kappa shape index (κ3) is 3.47. The molecular formula is C17H23NO4. The molecule has 1 aliphatic heterocycles. The minimum atomic E-state index is -0.0721. The maximum atomic E-state index is 12.6. The van der Waals surface area contributed by atoms with Gasteiger partial charge in [0.05, 0.1) is 20.3 Å². The second kappa shape index (κ2) is 7.40. The first kappa shape index (κ1) is 16.5. The molecule has 0 aromatic heterocycles. The number of likely N-dealkylation sites (tertiary alicyclic amines) is 1. The molecule has 5 nitrogen and oxygen atoms in total. The predicted octanol–water partition coefficient (Wildman–Crippen LogP) is 2.19. The Balaban J connectivity index is 2.05. The summed E-state index contributed by atoms with van der Waals surface area (Å²) in [5.74, 6) is 1.33. The van der Waals surface area contributed by atoms with Gasteiger partial charge in [0.2, 0.25) is 0 Å². The lowest BCUT2D eigenvalue weighted by atomic mass is 9.88. The van der Waals surface area contributed by atoms with Gasteiger partial charge < -0.3 is 14.3 Å². The molecule has 0 amide bonds. The predicted molar refractivity (Wildman–Crippen MR) is 83.7 cm³/mol. The summed E-state index contributed by atoms with van der Waals surface area (Å²) < 4.78 is 10.4. The number of carbonyl (C=O) groups is 2. The third-order valence-corrected chi connectivity index (χ3v) is 4.34. The fourth-order valence-electron chi connectivity index (χ4n) is 2.88. The van der Waals surface area contributed by atoms with Crippen LogP contribution in [0.5, 0.6) is 11.5 Å². The molecule has 0 bridgehead atoms. The van der Waals surface area contributed by atoms with Gasteiger partial charge in [0.15, 0.2) is 17.3 Å². The highest BCUT2D eigenvalue weighted by Crippen LogP contribution is 2.30. The number of hydrogen-bond donors (Lipinski definition) is 0. The largest absolute Gasteiger partial charge is 0.493 e. The van der Waals surface area contributed by atoms with Crippen molar-refractivity contribution in [2.75, 3.05) is 27.3 Å². The Kier molecular flexibility index (Phi) is 5.55. The van der Waals surface area contributed by atoms with Gasteiger partial charge in [0.1, 0.15) is 6.29 Å². The highest BCUT2D eigenvalue weighted by Gasteiger charge is 2.28. The molecular weight excluding hydrogens is 282 g/mol. The summed E-state index contributed by atoms with van der Waals surface area (Å²) in [7, 11) is 3.13. The van der Waals surface area contributed by atoms with E-state index in [2.05, 4.69) is 4.90 Å². The Bertz CT molecular complexity index is 535. The fourth-order valence-corrected chi connectivity index (χ4v) is 2.88. The van der Waals surface area contributed by atoms with Crippen molar-refractivity contribution >= 4 is 12.1 Å². The standard InChI is InChI=1S/C17H23NO4/c1-12(11-19)18-8-6-13(7-9-18)17(20)14-4-5-15(21-2)16(10-14)22-3/h4-5,10-13H,6-9H2,1-3H3. The zero-order valence-electron chi connectivity index (χ0n) is 13.4. The zero-order chi connectivity index (χ0) is 16.1. The molecule has 1 saturated heterocycles. The smallest absolute Gasteiger partial charge is 0.166 e. The molecule has 2 rings (SSSR count). The number of aldehydes is 1. The number of ketones is 1. The van der Waals surface area contributed by atoms with Crippen molar-refractivity contribution in [2.24, 2.45) is 5.92 Å². The average Bonchev–Trinajstić information content (AvgIpc) is 2.59. The van der Waals surface area contributed by atoms with Crippen LogP contribution in [-0.2, 0) is 4.79 Å². The molecule has 1 atom stereocenters. The van der Waals surface area contributed by atoms with Gasteiger partial charge in [0.25, 0.3) is 0 Å². The molecule has 1 unspecified atom stereocenters. The number of ether oxygens (including phenoxy) is 2. The summed E-state index contributed by atoms with van der Waals surface area (Å²) in [5, 5.41) is 0. The Labute approximate surface area is 131 Å². The van der Waals surface area contributed by atoms with Gasteiger partial charge in [-0.1, -0.05) is 0 Å². The van der Waals surface area contributed by atoms with E-state index in [-0.39, 0.29) is 17.7 Å². The molecule has 1 aromatic carbocycles. The molecule has 5 heteroatoms. The first-order valence-corrected chi connectivity index (χ1v) is 7.56. The van der Waals surface area contributed by atoms with Crippen molar-refractivity contribution < 1.29 is 19.1 Å². The van der Waals surface area contributed by atoms with Crippen LogP contribution in [-0.4, -0.2) is 50.3 Å². The molecule has 22 heavy (non-hydrogen) atoms. The van der Waals surface area contributed by atoms with E-state index in [9.17, 15) is 9.59 Å². The molecule has 0 spiro atoms. The molecule has 0 aliphatic carbocycles. The maximum Gasteiger partial charge on any atom is 0.166 e. The summed E-state index contributed by atoms with van der Waals surface area (Å²) >= 11 is 0. The van der Waals surface area contributed by atoms with E-state index in [0.717, 1.165) is 32.2 Å². The van der Waals surface area contributed by atoms with Crippen LogP contribution in [0.3, 0.4) is 0 Å². The lowest BCUT2D eigenvalue weighted by Crippen LogP contribution is -2.42. The van der Waals surface area contributed by atoms with Gasteiger partial charge in [-0.3, -0.25) is 9.69 Å². The van der Waals surface area contributed by atoms with E-state index < -0.39 is 0 Å². The number of carbonyl (C=O) groups excluding carboxylic acids is 2. The van der Waals surface area contributed by atoms with Crippen LogP contribution >= 0.6 is 0 Å². The molecule has 1 aromatic rings. The lowest BCUT2D eigenvalue weighted by Gasteiger charge is -2.33. The highest BCUT2D eigenvalue weighted by atomic mass is 16.5. The average molecular weight is 305 g/mol. The molecule has 1 aliphatic rings. The van der Waals surface area contributed by atoms with Gasteiger partial charge in [0, 0.05) is 11.5 Å².